The maximum absolute atomic E-state index is 11.8. The van der Waals surface area contributed by atoms with Crippen LogP contribution in [-0.2, 0) is 4.74 Å². The van der Waals surface area contributed by atoms with Gasteiger partial charge in [-0.05, 0) is 40.0 Å². The van der Waals surface area contributed by atoms with Crippen LogP contribution >= 0.6 is 0 Å². The Morgan fingerprint density at radius 3 is 2.26 bits per heavy atom. The molecular formula is C13H23F3N2O. The second-order valence-corrected chi connectivity index (χ2v) is 5.18. The number of rotatable bonds is 9. The number of unbranched alkanes of at least 4 members (excludes halogenated alkanes) is 1. The summed E-state index contributed by atoms with van der Waals surface area (Å²) in [6, 6.07) is 2.45. The van der Waals surface area contributed by atoms with Crippen LogP contribution in [0.3, 0.4) is 0 Å². The first kappa shape index (κ1) is 18.2. The van der Waals surface area contributed by atoms with Crippen molar-refractivity contribution in [2.24, 2.45) is 0 Å². The van der Waals surface area contributed by atoms with Gasteiger partial charge in [0.2, 0.25) is 0 Å². The van der Waals surface area contributed by atoms with E-state index in [1.807, 2.05) is 20.8 Å². The van der Waals surface area contributed by atoms with Gasteiger partial charge < -0.3 is 4.74 Å². The predicted molar refractivity (Wildman–Crippen MR) is 67.6 cm³/mol. The van der Waals surface area contributed by atoms with Crippen LogP contribution in [0.15, 0.2) is 0 Å². The first-order valence-electron chi connectivity index (χ1n) is 6.52. The molecule has 0 saturated carbocycles. The van der Waals surface area contributed by atoms with Crippen molar-refractivity contribution in [2.45, 2.75) is 64.2 Å². The number of nitrogens with one attached hydrogen (secondary N) is 1. The van der Waals surface area contributed by atoms with E-state index in [0.717, 1.165) is 6.42 Å². The molecule has 0 aromatic heterocycles. The first-order chi connectivity index (χ1) is 8.68. The molecule has 0 spiro atoms. The standard InChI is InChI=1S/C13H23F3N2O/c1-11(2)18-12(3,10-17)6-4-5-8-19-9-7-13(14,15)16/h11,18H,4-9H2,1-3H3. The van der Waals surface area contributed by atoms with Crippen LogP contribution in [0, 0.1) is 11.3 Å². The Labute approximate surface area is 113 Å². The molecule has 19 heavy (non-hydrogen) atoms. The van der Waals surface area contributed by atoms with Gasteiger partial charge in [-0.1, -0.05) is 0 Å². The Kier molecular flexibility index (Phi) is 8.03. The van der Waals surface area contributed by atoms with E-state index < -0.39 is 18.1 Å². The van der Waals surface area contributed by atoms with E-state index in [1.54, 1.807) is 0 Å². The van der Waals surface area contributed by atoms with E-state index in [0.29, 0.717) is 19.4 Å². The van der Waals surface area contributed by atoms with Crippen LogP contribution in [-0.4, -0.2) is 31.0 Å². The highest BCUT2D eigenvalue weighted by atomic mass is 19.4. The Hall–Kier alpha value is -0.800. The highest BCUT2D eigenvalue weighted by Crippen LogP contribution is 2.19. The zero-order valence-corrected chi connectivity index (χ0v) is 11.8. The highest BCUT2D eigenvalue weighted by molar-refractivity contribution is 5.04. The van der Waals surface area contributed by atoms with Gasteiger partial charge in [-0.25, -0.2) is 0 Å². The molecule has 0 saturated heterocycles. The average Bonchev–Trinajstić information content (AvgIpc) is 2.25. The Morgan fingerprint density at radius 1 is 1.16 bits per heavy atom. The maximum atomic E-state index is 11.8. The molecule has 0 rings (SSSR count). The fourth-order valence-electron chi connectivity index (χ4n) is 1.77. The number of nitrogens with zero attached hydrogens (tertiary/aromatic N) is 1. The quantitative estimate of drug-likeness (QED) is 0.658. The minimum atomic E-state index is -4.15. The number of halogens is 3. The summed E-state index contributed by atoms with van der Waals surface area (Å²) in [5.41, 5.74) is -0.583. The number of nitriles is 1. The summed E-state index contributed by atoms with van der Waals surface area (Å²) in [6.45, 7) is 5.78. The average molecular weight is 280 g/mol. The summed E-state index contributed by atoms with van der Waals surface area (Å²) in [4.78, 5) is 0. The third kappa shape index (κ3) is 10.8. The second kappa shape index (κ2) is 8.39. The molecule has 0 aromatic rings. The fourth-order valence-corrected chi connectivity index (χ4v) is 1.77. The maximum Gasteiger partial charge on any atom is 0.391 e. The molecule has 0 amide bonds. The number of alkyl halides is 3. The van der Waals surface area contributed by atoms with Crippen LogP contribution < -0.4 is 5.32 Å². The van der Waals surface area contributed by atoms with Crippen molar-refractivity contribution in [1.82, 2.24) is 5.32 Å². The van der Waals surface area contributed by atoms with Gasteiger partial charge in [0.1, 0.15) is 5.54 Å². The fraction of sp³-hybridized carbons (Fsp3) is 0.923. The molecule has 0 aliphatic rings. The van der Waals surface area contributed by atoms with E-state index in [9.17, 15) is 13.2 Å². The van der Waals surface area contributed by atoms with Crippen molar-refractivity contribution in [3.8, 4) is 6.07 Å². The van der Waals surface area contributed by atoms with Gasteiger partial charge in [-0.15, -0.1) is 0 Å². The van der Waals surface area contributed by atoms with Gasteiger partial charge in [0.25, 0.3) is 0 Å². The molecule has 1 atom stereocenters. The number of hydrogen-bond acceptors (Lipinski definition) is 3. The Morgan fingerprint density at radius 2 is 1.79 bits per heavy atom. The van der Waals surface area contributed by atoms with E-state index in [4.69, 9.17) is 10.00 Å². The smallest absolute Gasteiger partial charge is 0.381 e. The van der Waals surface area contributed by atoms with Crippen molar-refractivity contribution in [3.05, 3.63) is 0 Å². The van der Waals surface area contributed by atoms with Gasteiger partial charge in [0.15, 0.2) is 0 Å². The molecule has 0 heterocycles. The summed E-state index contributed by atoms with van der Waals surface area (Å²) >= 11 is 0. The number of hydrogen-bond donors (Lipinski definition) is 1. The molecular weight excluding hydrogens is 257 g/mol. The minimum Gasteiger partial charge on any atom is -0.381 e. The molecule has 1 unspecified atom stereocenters. The van der Waals surface area contributed by atoms with Gasteiger partial charge in [-0.3, -0.25) is 5.32 Å². The van der Waals surface area contributed by atoms with Crippen molar-refractivity contribution in [2.75, 3.05) is 13.2 Å². The molecule has 0 aliphatic carbocycles. The van der Waals surface area contributed by atoms with Gasteiger partial charge in [0, 0.05) is 12.6 Å². The van der Waals surface area contributed by atoms with Gasteiger partial charge >= 0.3 is 6.18 Å². The topological polar surface area (TPSA) is 45.0 Å². The number of ether oxygens (including phenoxy) is 1. The first-order valence-corrected chi connectivity index (χ1v) is 6.52. The summed E-state index contributed by atoms with van der Waals surface area (Å²) in [7, 11) is 0. The monoisotopic (exact) mass is 280 g/mol. The van der Waals surface area contributed by atoms with Crippen molar-refractivity contribution in [1.29, 1.82) is 5.26 Å². The van der Waals surface area contributed by atoms with E-state index in [-0.39, 0.29) is 12.6 Å². The summed E-state index contributed by atoms with van der Waals surface area (Å²) in [5, 5.41) is 12.3. The SMILES string of the molecule is CC(C)NC(C)(C#N)CCCCOCCC(F)(F)F. The minimum absolute atomic E-state index is 0.215. The molecule has 1 N–H and O–H groups in total. The van der Waals surface area contributed by atoms with Crippen molar-refractivity contribution in [3.63, 3.8) is 0 Å². The predicted octanol–water partition coefficient (Wildman–Crippen LogP) is 3.41. The summed E-state index contributed by atoms with van der Waals surface area (Å²) in [5.74, 6) is 0. The van der Waals surface area contributed by atoms with Gasteiger partial charge in [-0.2, -0.15) is 18.4 Å². The summed E-state index contributed by atoms with van der Waals surface area (Å²) in [6.07, 6.45) is -2.99. The van der Waals surface area contributed by atoms with E-state index in [1.165, 1.54) is 0 Å². The molecule has 112 valence electrons. The lowest BCUT2D eigenvalue weighted by Gasteiger charge is -2.25. The molecule has 3 nitrogen and oxygen atoms in total. The summed E-state index contributed by atoms with van der Waals surface area (Å²) < 4.78 is 40.4. The van der Waals surface area contributed by atoms with Gasteiger partial charge in [0.05, 0.1) is 19.1 Å². The van der Waals surface area contributed by atoms with E-state index in [2.05, 4.69) is 11.4 Å². The van der Waals surface area contributed by atoms with Crippen LogP contribution in [0.25, 0.3) is 0 Å². The van der Waals surface area contributed by atoms with Crippen molar-refractivity contribution >= 4 is 0 Å². The molecule has 0 fully saturated rings. The zero-order chi connectivity index (χ0) is 14.9. The lowest BCUT2D eigenvalue weighted by Crippen LogP contribution is -2.44. The van der Waals surface area contributed by atoms with Crippen LogP contribution in [0.5, 0.6) is 0 Å². The third-order valence-electron chi connectivity index (χ3n) is 2.60. The molecule has 0 aliphatic heterocycles. The van der Waals surface area contributed by atoms with Crippen LogP contribution in [0.1, 0.15) is 46.5 Å². The lowest BCUT2D eigenvalue weighted by molar-refractivity contribution is -0.145. The lowest BCUT2D eigenvalue weighted by atomic mass is 9.96. The molecule has 0 radical (unpaired) electrons. The second-order valence-electron chi connectivity index (χ2n) is 5.18. The Bertz CT molecular complexity index is 287. The largest absolute Gasteiger partial charge is 0.391 e. The zero-order valence-electron chi connectivity index (χ0n) is 11.8. The highest BCUT2D eigenvalue weighted by Gasteiger charge is 2.26. The molecule has 0 aromatic carbocycles. The molecule has 0 bridgehead atoms. The van der Waals surface area contributed by atoms with Crippen molar-refractivity contribution < 1.29 is 17.9 Å². The Balaban J connectivity index is 3.66. The third-order valence-corrected chi connectivity index (χ3v) is 2.60. The molecule has 6 heteroatoms. The van der Waals surface area contributed by atoms with E-state index >= 15 is 0 Å². The van der Waals surface area contributed by atoms with Crippen LogP contribution in [0.2, 0.25) is 0 Å². The van der Waals surface area contributed by atoms with Crippen LogP contribution in [0.4, 0.5) is 13.2 Å². The normalized spacial score (nSPS) is 15.3.